The van der Waals surface area contributed by atoms with Crippen LogP contribution in [-0.2, 0) is 0 Å². The summed E-state index contributed by atoms with van der Waals surface area (Å²) in [5.74, 6) is 5.03. The zero-order valence-electron chi connectivity index (χ0n) is 7.67. The van der Waals surface area contributed by atoms with Gasteiger partial charge in [-0.3, -0.25) is 0 Å². The summed E-state index contributed by atoms with van der Waals surface area (Å²) in [7, 11) is 0. The minimum Gasteiger partial charge on any atom is -0.323 e. The second kappa shape index (κ2) is 11.7. The van der Waals surface area contributed by atoms with Crippen LogP contribution in [0.25, 0.3) is 0 Å². The highest BCUT2D eigenvalue weighted by Crippen LogP contribution is 1.85. The average molecular weight is 154 g/mol. The number of nitrogens with two attached hydrogens (primary N) is 1. The molecule has 11 heavy (non-hydrogen) atoms. The van der Waals surface area contributed by atoms with Gasteiger partial charge in [0.05, 0.1) is 5.71 Å². The van der Waals surface area contributed by atoms with Crippen LogP contribution in [0.15, 0.2) is 29.9 Å². The molecule has 0 rings (SSSR count). The molecule has 0 aliphatic rings. The fourth-order valence-corrected chi connectivity index (χ4v) is 0.431. The van der Waals surface area contributed by atoms with Gasteiger partial charge < -0.3 is 5.84 Å². The number of hydrogen-bond acceptors (Lipinski definition) is 2. The van der Waals surface area contributed by atoms with Crippen LogP contribution in [0.2, 0.25) is 0 Å². The minimum absolute atomic E-state index is 0.862. The normalized spacial score (nSPS) is 10.6. The Morgan fingerprint density at radius 1 is 1.55 bits per heavy atom. The Balaban J connectivity index is 0. The summed E-state index contributed by atoms with van der Waals surface area (Å²) in [6, 6.07) is 0. The topological polar surface area (TPSA) is 38.4 Å². The van der Waals surface area contributed by atoms with Crippen LogP contribution < -0.4 is 5.84 Å². The smallest absolute Gasteiger partial charge is 0.0597 e. The lowest BCUT2D eigenvalue weighted by molar-refractivity contribution is 1.18. The number of nitrogens with zero attached hydrogens (tertiary/aromatic N) is 1. The Hall–Kier alpha value is -1.05. The first-order valence-corrected chi connectivity index (χ1v) is 3.91. The molecule has 0 saturated heterocycles. The van der Waals surface area contributed by atoms with E-state index < -0.39 is 0 Å². The van der Waals surface area contributed by atoms with E-state index >= 15 is 0 Å². The molecule has 0 aromatic heterocycles. The first kappa shape index (κ1) is 12.6. The molecule has 0 unspecified atom stereocenters. The van der Waals surface area contributed by atoms with Gasteiger partial charge in [0.15, 0.2) is 0 Å². The minimum atomic E-state index is 0.862. The first-order chi connectivity index (χ1) is 5.35. The van der Waals surface area contributed by atoms with Gasteiger partial charge in [0, 0.05) is 0 Å². The lowest BCUT2D eigenvalue weighted by Crippen LogP contribution is -1.94. The van der Waals surface area contributed by atoms with Gasteiger partial charge in [-0.2, -0.15) is 5.10 Å². The maximum absolute atomic E-state index is 5.03. The van der Waals surface area contributed by atoms with Gasteiger partial charge in [-0.05, 0) is 12.5 Å². The Morgan fingerprint density at radius 2 is 2.09 bits per heavy atom. The molecule has 0 bridgehead atoms. The predicted molar refractivity (Wildman–Crippen MR) is 52.6 cm³/mol. The highest BCUT2D eigenvalue weighted by atomic mass is 15.1. The molecule has 64 valence electrons. The van der Waals surface area contributed by atoms with E-state index in [1.807, 2.05) is 32.9 Å². The molecule has 0 fully saturated rings. The van der Waals surface area contributed by atoms with Gasteiger partial charge >= 0.3 is 0 Å². The summed E-state index contributed by atoms with van der Waals surface area (Å²) in [6.07, 6.45) is 6.21. The Labute approximate surface area is 69.5 Å². The molecule has 0 atom stereocenters. The molecular weight excluding hydrogens is 136 g/mol. The largest absolute Gasteiger partial charge is 0.323 e. The second-order valence-corrected chi connectivity index (χ2v) is 1.57. The standard InChI is InChI=1S/C7H12N2.C2H6/c1-3-5-6-7(4-2)9-8;1-2/h3,5-6H,1,4,8H2,2H3;1-2H3/b6-5-,9-7-;. The highest BCUT2D eigenvalue weighted by molar-refractivity contribution is 5.94. The summed E-state index contributed by atoms with van der Waals surface area (Å²) in [5.41, 5.74) is 0.884. The average Bonchev–Trinajstić information content (AvgIpc) is 2.10. The lowest BCUT2D eigenvalue weighted by Gasteiger charge is -1.88. The molecule has 2 heteroatoms. The zero-order valence-corrected chi connectivity index (χ0v) is 7.67. The van der Waals surface area contributed by atoms with Crippen molar-refractivity contribution < 1.29 is 0 Å². The predicted octanol–water partition coefficient (Wildman–Crippen LogP) is 2.48. The maximum Gasteiger partial charge on any atom is 0.0597 e. The van der Waals surface area contributed by atoms with Crippen molar-refractivity contribution in [3.05, 3.63) is 24.8 Å². The SMILES string of the molecule is C=C/C=C\C(CC)=N/N.CC. The maximum atomic E-state index is 5.03. The molecule has 0 aliphatic heterocycles. The van der Waals surface area contributed by atoms with Gasteiger partial charge in [0.25, 0.3) is 0 Å². The van der Waals surface area contributed by atoms with E-state index in [-0.39, 0.29) is 0 Å². The molecular formula is C9H18N2. The van der Waals surface area contributed by atoms with Crippen molar-refractivity contribution in [3.8, 4) is 0 Å². The van der Waals surface area contributed by atoms with Crippen LogP contribution in [-0.4, -0.2) is 5.71 Å². The number of hydrogen-bond donors (Lipinski definition) is 1. The van der Waals surface area contributed by atoms with Gasteiger partial charge in [-0.15, -0.1) is 0 Å². The molecule has 0 heterocycles. The van der Waals surface area contributed by atoms with Crippen molar-refractivity contribution in [1.82, 2.24) is 0 Å². The molecule has 0 amide bonds. The molecule has 2 N–H and O–H groups in total. The van der Waals surface area contributed by atoms with E-state index in [1.165, 1.54) is 0 Å². The second-order valence-electron chi connectivity index (χ2n) is 1.57. The Morgan fingerprint density at radius 3 is 2.36 bits per heavy atom. The first-order valence-electron chi connectivity index (χ1n) is 3.91. The van der Waals surface area contributed by atoms with Crippen molar-refractivity contribution in [3.63, 3.8) is 0 Å². The summed E-state index contributed by atoms with van der Waals surface area (Å²) < 4.78 is 0. The fourth-order valence-electron chi connectivity index (χ4n) is 0.431. The number of rotatable bonds is 3. The van der Waals surface area contributed by atoms with Crippen molar-refractivity contribution in [2.75, 3.05) is 0 Å². The van der Waals surface area contributed by atoms with Crippen molar-refractivity contribution >= 4 is 5.71 Å². The van der Waals surface area contributed by atoms with E-state index in [9.17, 15) is 0 Å². The molecule has 0 aliphatic carbocycles. The third-order valence-electron chi connectivity index (χ3n) is 0.953. The molecule has 0 spiro atoms. The van der Waals surface area contributed by atoms with Gasteiger partial charge in [0.1, 0.15) is 0 Å². The third-order valence-corrected chi connectivity index (χ3v) is 0.953. The molecule has 2 nitrogen and oxygen atoms in total. The van der Waals surface area contributed by atoms with E-state index in [4.69, 9.17) is 5.84 Å². The Kier molecular flexibility index (Phi) is 13.4. The van der Waals surface area contributed by atoms with Crippen LogP contribution in [0.4, 0.5) is 0 Å². The highest BCUT2D eigenvalue weighted by Gasteiger charge is 1.83. The monoisotopic (exact) mass is 154 g/mol. The number of allylic oxidation sites excluding steroid dienone is 3. The van der Waals surface area contributed by atoms with E-state index in [0.717, 1.165) is 12.1 Å². The summed E-state index contributed by atoms with van der Waals surface area (Å²) in [6.45, 7) is 9.52. The van der Waals surface area contributed by atoms with E-state index in [0.29, 0.717) is 0 Å². The molecule has 0 saturated carbocycles. The van der Waals surface area contributed by atoms with Crippen molar-refractivity contribution in [1.29, 1.82) is 0 Å². The van der Waals surface area contributed by atoms with Gasteiger partial charge in [-0.25, -0.2) is 0 Å². The third kappa shape index (κ3) is 8.95. The van der Waals surface area contributed by atoms with Crippen LogP contribution in [0.5, 0.6) is 0 Å². The van der Waals surface area contributed by atoms with Crippen LogP contribution in [0.3, 0.4) is 0 Å². The van der Waals surface area contributed by atoms with Crippen LogP contribution in [0, 0.1) is 0 Å². The number of hydrazone groups is 1. The van der Waals surface area contributed by atoms with Crippen LogP contribution >= 0.6 is 0 Å². The molecule has 0 aromatic carbocycles. The van der Waals surface area contributed by atoms with E-state index in [1.54, 1.807) is 6.08 Å². The van der Waals surface area contributed by atoms with Gasteiger partial charge in [0.2, 0.25) is 0 Å². The molecule has 0 aromatic rings. The van der Waals surface area contributed by atoms with Gasteiger partial charge in [-0.1, -0.05) is 39.5 Å². The Bertz CT molecular complexity index is 134. The van der Waals surface area contributed by atoms with Crippen LogP contribution in [0.1, 0.15) is 27.2 Å². The van der Waals surface area contributed by atoms with Crippen molar-refractivity contribution in [2.24, 2.45) is 10.9 Å². The van der Waals surface area contributed by atoms with E-state index in [2.05, 4.69) is 11.7 Å². The van der Waals surface area contributed by atoms with Crippen molar-refractivity contribution in [2.45, 2.75) is 27.2 Å². The summed E-state index contributed by atoms with van der Waals surface area (Å²) in [4.78, 5) is 0. The zero-order chi connectivity index (χ0) is 9.11. The summed E-state index contributed by atoms with van der Waals surface area (Å²) in [5, 5.41) is 3.53. The summed E-state index contributed by atoms with van der Waals surface area (Å²) >= 11 is 0. The quantitative estimate of drug-likeness (QED) is 0.288. The lowest BCUT2D eigenvalue weighted by atomic mass is 10.3. The fraction of sp³-hybridized carbons (Fsp3) is 0.444. The molecule has 0 radical (unpaired) electrons.